The summed E-state index contributed by atoms with van der Waals surface area (Å²) in [5, 5.41) is 0. The third kappa shape index (κ3) is 5.03. The summed E-state index contributed by atoms with van der Waals surface area (Å²) < 4.78 is 75.8. The Morgan fingerprint density at radius 1 is 1.00 bits per heavy atom. The second-order valence-electron chi connectivity index (χ2n) is 5.26. The first-order valence-corrected chi connectivity index (χ1v) is 7.04. The van der Waals surface area contributed by atoms with Gasteiger partial charge in [0.1, 0.15) is 5.60 Å². The van der Waals surface area contributed by atoms with Crippen LogP contribution < -0.4 is 0 Å². The molecular formula is C12H17BrF6O2. The van der Waals surface area contributed by atoms with Gasteiger partial charge in [-0.1, -0.05) is 35.7 Å². The van der Waals surface area contributed by atoms with Crippen molar-refractivity contribution in [2.45, 2.75) is 68.7 Å². The van der Waals surface area contributed by atoms with E-state index < -0.39 is 28.2 Å². The molecule has 2 nitrogen and oxygen atoms in total. The van der Waals surface area contributed by atoms with Crippen LogP contribution in [0.4, 0.5) is 26.3 Å². The summed E-state index contributed by atoms with van der Waals surface area (Å²) in [4.78, 5) is 11.5. The monoisotopic (exact) mass is 386 g/mol. The highest BCUT2D eigenvalue weighted by molar-refractivity contribution is 9.10. The first-order valence-electron chi connectivity index (χ1n) is 6.25. The Bertz CT molecular complexity index is 348. The number of halogens is 7. The van der Waals surface area contributed by atoms with E-state index in [1.165, 1.54) is 29.8 Å². The average Bonchev–Trinajstić information content (AvgIpc) is 2.24. The SMILES string of the molecule is CCCCCC(C)(C)OC(=O)C(Br)(C(F)(F)F)C(F)(F)F. The maximum Gasteiger partial charge on any atom is 0.423 e. The molecule has 0 amide bonds. The van der Waals surface area contributed by atoms with Gasteiger partial charge in [0, 0.05) is 0 Å². The topological polar surface area (TPSA) is 26.3 Å². The van der Waals surface area contributed by atoms with E-state index in [0.29, 0.717) is 6.42 Å². The zero-order valence-electron chi connectivity index (χ0n) is 11.8. The fourth-order valence-electron chi connectivity index (χ4n) is 1.57. The second-order valence-corrected chi connectivity index (χ2v) is 6.45. The molecule has 0 aromatic rings. The minimum atomic E-state index is -5.86. The molecule has 9 heteroatoms. The molecule has 0 unspecified atom stereocenters. The largest absolute Gasteiger partial charge is 0.458 e. The molecule has 0 atom stereocenters. The Morgan fingerprint density at radius 2 is 1.43 bits per heavy atom. The zero-order valence-corrected chi connectivity index (χ0v) is 13.4. The number of alkyl halides is 7. The predicted molar refractivity (Wildman–Crippen MR) is 68.1 cm³/mol. The molecule has 0 heterocycles. The van der Waals surface area contributed by atoms with Crippen molar-refractivity contribution in [3.8, 4) is 0 Å². The molecule has 0 aliphatic heterocycles. The van der Waals surface area contributed by atoms with Crippen LogP contribution >= 0.6 is 15.9 Å². The van der Waals surface area contributed by atoms with Crippen LogP contribution in [0, 0.1) is 0 Å². The van der Waals surface area contributed by atoms with Crippen molar-refractivity contribution in [1.29, 1.82) is 0 Å². The van der Waals surface area contributed by atoms with Crippen molar-refractivity contribution in [3.63, 3.8) is 0 Å². The number of rotatable bonds is 6. The fraction of sp³-hybridized carbons (Fsp3) is 0.917. The average molecular weight is 387 g/mol. The number of unbranched alkanes of at least 4 members (excludes halogenated alkanes) is 2. The van der Waals surface area contributed by atoms with Crippen molar-refractivity contribution in [2.24, 2.45) is 0 Å². The molecule has 126 valence electrons. The lowest BCUT2D eigenvalue weighted by atomic mass is 9.99. The molecule has 21 heavy (non-hydrogen) atoms. The van der Waals surface area contributed by atoms with Gasteiger partial charge in [-0.25, -0.2) is 4.79 Å². The normalized spacial score (nSPS) is 14.2. The Balaban J connectivity index is 5.19. The Hall–Kier alpha value is -0.470. The fourth-order valence-corrected chi connectivity index (χ4v) is 1.65. The van der Waals surface area contributed by atoms with Crippen molar-refractivity contribution >= 4 is 21.9 Å². The van der Waals surface area contributed by atoms with Crippen LogP contribution in [0.1, 0.15) is 46.5 Å². The minimum absolute atomic E-state index is 0.172. The molecule has 0 aromatic heterocycles. The molecule has 0 aliphatic rings. The van der Waals surface area contributed by atoms with E-state index in [-0.39, 0.29) is 6.42 Å². The van der Waals surface area contributed by atoms with E-state index >= 15 is 0 Å². The molecule has 0 aliphatic carbocycles. The zero-order chi connectivity index (χ0) is 17.1. The molecule has 0 radical (unpaired) electrons. The number of hydrogen-bond donors (Lipinski definition) is 0. The van der Waals surface area contributed by atoms with E-state index in [0.717, 1.165) is 12.8 Å². The molecule has 0 N–H and O–H groups in total. The Labute approximate surface area is 127 Å². The van der Waals surface area contributed by atoms with Gasteiger partial charge >= 0.3 is 22.6 Å². The van der Waals surface area contributed by atoms with Crippen LogP contribution in [0.25, 0.3) is 0 Å². The number of ether oxygens (including phenoxy) is 1. The molecule has 0 fully saturated rings. The Morgan fingerprint density at radius 3 is 1.76 bits per heavy atom. The minimum Gasteiger partial charge on any atom is -0.458 e. The van der Waals surface area contributed by atoms with Gasteiger partial charge in [-0.3, -0.25) is 0 Å². The van der Waals surface area contributed by atoms with Gasteiger partial charge in [0.15, 0.2) is 0 Å². The number of hydrogen-bond acceptors (Lipinski definition) is 2. The van der Waals surface area contributed by atoms with Crippen molar-refractivity contribution in [2.75, 3.05) is 0 Å². The molecule has 0 rings (SSSR count). The molecule has 0 aromatic carbocycles. The lowest BCUT2D eigenvalue weighted by Gasteiger charge is -2.34. The summed E-state index contributed by atoms with van der Waals surface area (Å²) >= 11 is 1.50. The first kappa shape index (κ1) is 20.5. The van der Waals surface area contributed by atoms with Gasteiger partial charge in [-0.2, -0.15) is 26.3 Å². The quantitative estimate of drug-likeness (QED) is 0.273. The molecule has 0 saturated heterocycles. The highest BCUT2D eigenvalue weighted by Gasteiger charge is 2.76. The van der Waals surface area contributed by atoms with Crippen molar-refractivity contribution < 1.29 is 35.9 Å². The van der Waals surface area contributed by atoms with Crippen LogP contribution in [0.2, 0.25) is 0 Å². The number of esters is 1. The highest BCUT2D eigenvalue weighted by Crippen LogP contribution is 2.50. The van der Waals surface area contributed by atoms with Crippen molar-refractivity contribution in [3.05, 3.63) is 0 Å². The lowest BCUT2D eigenvalue weighted by molar-refractivity contribution is -0.266. The van der Waals surface area contributed by atoms with Crippen LogP contribution in [0.15, 0.2) is 0 Å². The maximum atomic E-state index is 12.7. The summed E-state index contributed by atoms with van der Waals surface area (Å²) in [7, 11) is 0. The van der Waals surface area contributed by atoms with Gasteiger partial charge in [-0.15, -0.1) is 0 Å². The summed E-state index contributed by atoms with van der Waals surface area (Å²) in [5.41, 5.74) is -1.41. The van der Waals surface area contributed by atoms with Gasteiger partial charge in [-0.05, 0) is 26.7 Å². The summed E-state index contributed by atoms with van der Waals surface area (Å²) in [6, 6.07) is 0. The highest BCUT2D eigenvalue weighted by atomic mass is 79.9. The lowest BCUT2D eigenvalue weighted by Crippen LogP contribution is -2.59. The maximum absolute atomic E-state index is 12.7. The molecule has 0 bridgehead atoms. The van der Waals surface area contributed by atoms with Crippen LogP contribution in [-0.4, -0.2) is 28.2 Å². The van der Waals surface area contributed by atoms with Gasteiger partial charge in [0.05, 0.1) is 0 Å². The van der Waals surface area contributed by atoms with Gasteiger partial charge in [0.2, 0.25) is 0 Å². The van der Waals surface area contributed by atoms with Gasteiger partial charge < -0.3 is 4.74 Å². The third-order valence-electron chi connectivity index (χ3n) is 2.81. The van der Waals surface area contributed by atoms with Crippen LogP contribution in [0.5, 0.6) is 0 Å². The molecule has 0 saturated carbocycles. The summed E-state index contributed by atoms with van der Waals surface area (Å²) in [6.07, 6.45) is -9.46. The standard InChI is InChI=1S/C12H17BrF6O2/c1-4-5-6-7-9(2,3)21-8(20)10(13,11(14,15)16)12(17,18)19/h4-7H2,1-3H3. The smallest absolute Gasteiger partial charge is 0.423 e. The van der Waals surface area contributed by atoms with E-state index in [9.17, 15) is 31.1 Å². The molecule has 0 spiro atoms. The van der Waals surface area contributed by atoms with E-state index in [4.69, 9.17) is 0 Å². The number of carbonyl (C=O) groups is 1. The first-order chi connectivity index (χ1) is 9.19. The molecular weight excluding hydrogens is 370 g/mol. The van der Waals surface area contributed by atoms with Crippen LogP contribution in [0.3, 0.4) is 0 Å². The van der Waals surface area contributed by atoms with E-state index in [1.54, 1.807) is 0 Å². The van der Waals surface area contributed by atoms with Crippen molar-refractivity contribution in [1.82, 2.24) is 0 Å². The summed E-state index contributed by atoms with van der Waals surface area (Å²) in [5.74, 6) is -2.40. The van der Waals surface area contributed by atoms with E-state index in [2.05, 4.69) is 4.74 Å². The van der Waals surface area contributed by atoms with E-state index in [1.807, 2.05) is 6.92 Å². The second kappa shape index (κ2) is 6.75. The third-order valence-corrected chi connectivity index (χ3v) is 4.04. The summed E-state index contributed by atoms with van der Waals surface area (Å²) in [6.45, 7) is 4.44. The number of carbonyl (C=O) groups excluding carboxylic acids is 1. The predicted octanol–water partition coefficient (Wildman–Crippen LogP) is 5.15. The Kier molecular flexibility index (Phi) is 6.59. The van der Waals surface area contributed by atoms with Crippen LogP contribution in [-0.2, 0) is 9.53 Å². The van der Waals surface area contributed by atoms with Gasteiger partial charge in [0.25, 0.3) is 0 Å².